The van der Waals surface area contributed by atoms with Crippen LogP contribution in [0.4, 0.5) is 0 Å². The van der Waals surface area contributed by atoms with Crippen molar-refractivity contribution in [3.63, 3.8) is 0 Å². The topological polar surface area (TPSA) is 37.4 Å². The number of allylic oxidation sites excluding steroid dienone is 1. The number of carbonyl (C=O) groups is 2. The van der Waals surface area contributed by atoms with Crippen LogP contribution in [0.5, 0.6) is 0 Å². The van der Waals surface area contributed by atoms with Gasteiger partial charge in [-0.15, -0.1) is 11.3 Å². The molecule has 1 fully saturated rings. The van der Waals surface area contributed by atoms with Crippen molar-refractivity contribution >= 4 is 23.0 Å². The Bertz CT molecular complexity index is 573. The summed E-state index contributed by atoms with van der Waals surface area (Å²) in [6, 6.07) is 1.70. The summed E-state index contributed by atoms with van der Waals surface area (Å²) in [6.07, 6.45) is 3.06. The molecule has 1 atom stereocenters. The van der Waals surface area contributed by atoms with Crippen LogP contribution in [0.25, 0.3) is 0 Å². The summed E-state index contributed by atoms with van der Waals surface area (Å²) in [5.41, 5.74) is 1.81. The first-order valence-electron chi connectivity index (χ1n) is 6.66. The van der Waals surface area contributed by atoms with Gasteiger partial charge in [0.2, 0.25) is 0 Å². The Balaban J connectivity index is 1.84. The molecule has 1 aliphatic carbocycles. The second-order valence-corrected chi connectivity index (χ2v) is 6.77. The van der Waals surface area contributed by atoms with E-state index in [4.69, 9.17) is 0 Å². The summed E-state index contributed by atoms with van der Waals surface area (Å²) >= 11 is 1.66. The van der Waals surface area contributed by atoms with E-state index in [0.29, 0.717) is 13.0 Å². The van der Waals surface area contributed by atoms with Crippen molar-refractivity contribution in [2.75, 3.05) is 0 Å². The minimum Gasteiger partial charge on any atom is -0.323 e. The first-order valence-corrected chi connectivity index (χ1v) is 7.47. The normalized spacial score (nSPS) is 23.7. The zero-order valence-corrected chi connectivity index (χ0v) is 11.9. The van der Waals surface area contributed by atoms with E-state index in [1.54, 1.807) is 16.2 Å². The van der Waals surface area contributed by atoms with Crippen molar-refractivity contribution in [3.05, 3.63) is 33.5 Å². The molecular weight excluding hydrogens is 258 g/mol. The van der Waals surface area contributed by atoms with E-state index in [0.717, 1.165) is 35.3 Å². The largest absolute Gasteiger partial charge is 0.323 e. The SMILES string of the molecule is C=C1CCC[C@H](N2Cc3sc(C)cc3C2=O)C(=O)C1. The number of rotatable bonds is 1. The predicted molar refractivity (Wildman–Crippen MR) is 75.3 cm³/mol. The van der Waals surface area contributed by atoms with Gasteiger partial charge >= 0.3 is 0 Å². The number of amides is 1. The minimum absolute atomic E-state index is 0.0326. The molecule has 0 aromatic carbocycles. The maximum absolute atomic E-state index is 12.4. The van der Waals surface area contributed by atoms with Crippen LogP contribution in [-0.4, -0.2) is 22.6 Å². The lowest BCUT2D eigenvalue weighted by Gasteiger charge is -2.25. The lowest BCUT2D eigenvalue weighted by atomic mass is 10.1. The number of ketones is 1. The molecule has 0 saturated heterocycles. The van der Waals surface area contributed by atoms with Gasteiger partial charge in [-0.1, -0.05) is 12.2 Å². The van der Waals surface area contributed by atoms with Crippen molar-refractivity contribution in [2.45, 2.75) is 45.2 Å². The Kier molecular flexibility index (Phi) is 3.05. The molecular formula is C15H17NO2S. The van der Waals surface area contributed by atoms with E-state index in [1.807, 2.05) is 13.0 Å². The molecule has 3 nitrogen and oxygen atoms in total. The highest BCUT2D eigenvalue weighted by atomic mass is 32.1. The number of fused-ring (bicyclic) bond motifs is 1. The Labute approximate surface area is 116 Å². The van der Waals surface area contributed by atoms with Crippen molar-refractivity contribution in [2.24, 2.45) is 0 Å². The second kappa shape index (κ2) is 4.60. The lowest BCUT2D eigenvalue weighted by molar-refractivity contribution is -0.122. The monoisotopic (exact) mass is 275 g/mol. The molecule has 1 aromatic rings. The third-order valence-electron chi connectivity index (χ3n) is 3.92. The van der Waals surface area contributed by atoms with E-state index in [2.05, 4.69) is 6.58 Å². The number of hydrogen-bond donors (Lipinski definition) is 0. The standard InChI is InChI=1S/C15H17NO2S/c1-9-4-3-5-12(13(17)6-9)16-8-14-11(15(16)18)7-10(2)19-14/h7,12H,1,3-6,8H2,2H3/t12-/m0/s1. The Morgan fingerprint density at radius 3 is 2.95 bits per heavy atom. The smallest absolute Gasteiger partial charge is 0.256 e. The molecule has 1 aliphatic heterocycles. The third-order valence-corrected chi connectivity index (χ3v) is 4.95. The van der Waals surface area contributed by atoms with Crippen molar-refractivity contribution in [3.8, 4) is 0 Å². The average Bonchev–Trinajstić information content (AvgIpc) is 2.77. The van der Waals surface area contributed by atoms with Gasteiger partial charge in [0.25, 0.3) is 5.91 Å². The summed E-state index contributed by atoms with van der Waals surface area (Å²) in [5.74, 6) is 0.188. The van der Waals surface area contributed by atoms with Crippen LogP contribution < -0.4 is 0 Å². The Morgan fingerprint density at radius 1 is 1.42 bits per heavy atom. The van der Waals surface area contributed by atoms with Gasteiger partial charge in [-0.2, -0.15) is 0 Å². The number of carbonyl (C=O) groups excluding carboxylic acids is 2. The van der Waals surface area contributed by atoms with Gasteiger partial charge in [0, 0.05) is 16.2 Å². The molecule has 0 unspecified atom stereocenters. The molecule has 0 bridgehead atoms. The van der Waals surface area contributed by atoms with Crippen molar-refractivity contribution in [1.82, 2.24) is 4.90 Å². The van der Waals surface area contributed by atoms with Crippen molar-refractivity contribution < 1.29 is 9.59 Å². The highest BCUT2D eigenvalue weighted by molar-refractivity contribution is 7.12. The fourth-order valence-electron chi connectivity index (χ4n) is 2.98. The molecule has 2 heterocycles. The molecule has 1 saturated carbocycles. The molecule has 1 amide bonds. The molecule has 0 spiro atoms. The summed E-state index contributed by atoms with van der Waals surface area (Å²) in [5, 5.41) is 0. The van der Waals surface area contributed by atoms with E-state index >= 15 is 0 Å². The van der Waals surface area contributed by atoms with Crippen LogP contribution in [0, 0.1) is 6.92 Å². The summed E-state index contributed by atoms with van der Waals surface area (Å²) in [6.45, 7) is 6.55. The van der Waals surface area contributed by atoms with Crippen LogP contribution >= 0.6 is 11.3 Å². The number of Topliss-reactive ketones (excluding diaryl/α,β-unsaturated/α-hetero) is 1. The van der Waals surface area contributed by atoms with Crippen LogP contribution in [0.3, 0.4) is 0 Å². The van der Waals surface area contributed by atoms with E-state index in [-0.39, 0.29) is 17.7 Å². The van der Waals surface area contributed by atoms with Gasteiger partial charge in [0.05, 0.1) is 18.2 Å². The molecule has 4 heteroatoms. The molecule has 3 rings (SSSR count). The fraction of sp³-hybridized carbons (Fsp3) is 0.467. The maximum Gasteiger partial charge on any atom is 0.256 e. The molecule has 1 aromatic heterocycles. The van der Waals surface area contributed by atoms with Gasteiger partial charge < -0.3 is 4.90 Å². The highest BCUT2D eigenvalue weighted by Gasteiger charge is 2.37. The Hall–Kier alpha value is -1.42. The number of hydrogen-bond acceptors (Lipinski definition) is 3. The average molecular weight is 275 g/mol. The van der Waals surface area contributed by atoms with Crippen LogP contribution in [0.1, 0.15) is 45.8 Å². The van der Waals surface area contributed by atoms with E-state index in [1.165, 1.54) is 4.88 Å². The minimum atomic E-state index is -0.244. The quantitative estimate of drug-likeness (QED) is 0.583. The van der Waals surface area contributed by atoms with Crippen LogP contribution in [0.2, 0.25) is 0 Å². The van der Waals surface area contributed by atoms with Crippen molar-refractivity contribution in [1.29, 1.82) is 0 Å². The highest BCUT2D eigenvalue weighted by Crippen LogP contribution is 2.34. The summed E-state index contributed by atoms with van der Waals surface area (Å²) in [4.78, 5) is 28.7. The lowest BCUT2D eigenvalue weighted by Crippen LogP contribution is -2.40. The maximum atomic E-state index is 12.4. The van der Waals surface area contributed by atoms with E-state index < -0.39 is 0 Å². The van der Waals surface area contributed by atoms with Gasteiger partial charge in [0.1, 0.15) is 0 Å². The zero-order valence-electron chi connectivity index (χ0n) is 11.1. The Morgan fingerprint density at radius 2 is 2.21 bits per heavy atom. The van der Waals surface area contributed by atoms with Crippen LogP contribution in [-0.2, 0) is 11.3 Å². The number of nitrogens with zero attached hydrogens (tertiary/aromatic N) is 1. The fourth-order valence-corrected chi connectivity index (χ4v) is 4.01. The molecule has 2 aliphatic rings. The molecule has 100 valence electrons. The zero-order chi connectivity index (χ0) is 13.6. The van der Waals surface area contributed by atoms with Crippen LogP contribution in [0.15, 0.2) is 18.2 Å². The predicted octanol–water partition coefficient (Wildman–Crippen LogP) is 3.08. The first kappa shape index (κ1) is 12.6. The van der Waals surface area contributed by atoms with Gasteiger partial charge in [0.15, 0.2) is 5.78 Å². The van der Waals surface area contributed by atoms with Gasteiger partial charge in [-0.3, -0.25) is 9.59 Å². The van der Waals surface area contributed by atoms with E-state index in [9.17, 15) is 9.59 Å². The first-order chi connectivity index (χ1) is 9.06. The van der Waals surface area contributed by atoms with Gasteiger partial charge in [-0.05, 0) is 32.3 Å². The molecule has 0 N–H and O–H groups in total. The molecule has 19 heavy (non-hydrogen) atoms. The summed E-state index contributed by atoms with van der Waals surface area (Å²) < 4.78 is 0. The summed E-state index contributed by atoms with van der Waals surface area (Å²) in [7, 11) is 0. The second-order valence-electron chi connectivity index (χ2n) is 5.43. The van der Waals surface area contributed by atoms with Gasteiger partial charge in [-0.25, -0.2) is 0 Å². The third kappa shape index (κ3) is 2.14. The number of thiophene rings is 1. The number of aryl methyl sites for hydroxylation is 1. The molecule has 0 radical (unpaired) electrons.